The van der Waals surface area contributed by atoms with Gasteiger partial charge in [-0.3, -0.25) is 0 Å². The summed E-state index contributed by atoms with van der Waals surface area (Å²) in [6.45, 7) is 3.34. The van der Waals surface area contributed by atoms with E-state index in [0.717, 1.165) is 18.7 Å². The van der Waals surface area contributed by atoms with Crippen molar-refractivity contribution in [3.05, 3.63) is 29.8 Å². The maximum absolute atomic E-state index is 8.54. The molecule has 1 aliphatic rings. The topological polar surface area (TPSA) is 79.9 Å². The van der Waals surface area contributed by atoms with Crippen LogP contribution in [0.3, 0.4) is 0 Å². The van der Waals surface area contributed by atoms with Gasteiger partial charge in [-0.15, -0.1) is 0 Å². The van der Waals surface area contributed by atoms with Crippen molar-refractivity contribution in [2.45, 2.75) is 19.4 Å². The first-order valence-corrected chi connectivity index (χ1v) is 6.13. The van der Waals surface area contributed by atoms with Gasteiger partial charge >= 0.3 is 0 Å². The number of benzene rings is 1. The van der Waals surface area contributed by atoms with Gasteiger partial charge in [-0.2, -0.15) is 0 Å². The van der Waals surface area contributed by atoms with Gasteiger partial charge in [-0.25, -0.2) is 0 Å². The van der Waals surface area contributed by atoms with Crippen molar-refractivity contribution in [1.82, 2.24) is 5.32 Å². The van der Waals surface area contributed by atoms with Crippen LogP contribution >= 0.6 is 0 Å². The number of ether oxygens (including phenoxy) is 1. The number of rotatable bonds is 5. The standard InChI is InChI=1S/C13H19N3O2/c1-9(13(14)16-17)7-15-8-11-6-10-4-2-3-5-12(10)18-11/h2-5,9,11,15,17H,6-8H2,1H3,(H2,14,16). The minimum absolute atomic E-state index is 0.0128. The molecule has 0 amide bonds. The fraction of sp³-hybridized carbons (Fsp3) is 0.462. The minimum Gasteiger partial charge on any atom is -0.488 e. The molecule has 0 spiro atoms. The van der Waals surface area contributed by atoms with Crippen LogP contribution < -0.4 is 15.8 Å². The van der Waals surface area contributed by atoms with Crippen LogP contribution in [0.4, 0.5) is 0 Å². The number of fused-ring (bicyclic) bond motifs is 1. The maximum atomic E-state index is 8.54. The Labute approximate surface area is 107 Å². The Morgan fingerprint density at radius 3 is 3.11 bits per heavy atom. The van der Waals surface area contributed by atoms with Gasteiger partial charge < -0.3 is 21.0 Å². The van der Waals surface area contributed by atoms with E-state index in [0.29, 0.717) is 6.54 Å². The number of nitrogens with one attached hydrogen (secondary N) is 1. The summed E-state index contributed by atoms with van der Waals surface area (Å²) in [5, 5.41) is 14.8. The highest BCUT2D eigenvalue weighted by Gasteiger charge is 2.21. The van der Waals surface area contributed by atoms with Gasteiger partial charge in [0.15, 0.2) is 0 Å². The fourth-order valence-corrected chi connectivity index (χ4v) is 2.03. The number of hydrogen-bond acceptors (Lipinski definition) is 4. The van der Waals surface area contributed by atoms with Crippen LogP contribution in [0.2, 0.25) is 0 Å². The normalized spacial score (nSPS) is 20.3. The Balaban J connectivity index is 1.74. The van der Waals surface area contributed by atoms with Crippen LogP contribution in [0.15, 0.2) is 29.4 Å². The Bertz CT molecular complexity index is 409. The first kappa shape index (κ1) is 12.7. The molecule has 1 aromatic rings. The van der Waals surface area contributed by atoms with Crippen LogP contribution in [-0.2, 0) is 6.42 Å². The molecule has 0 saturated carbocycles. The second-order valence-corrected chi connectivity index (χ2v) is 4.64. The number of nitrogens with two attached hydrogens (primary N) is 1. The van der Waals surface area contributed by atoms with Crippen LogP contribution in [0.25, 0.3) is 0 Å². The van der Waals surface area contributed by atoms with Gasteiger partial charge in [0.1, 0.15) is 17.7 Å². The molecular weight excluding hydrogens is 230 g/mol. The van der Waals surface area contributed by atoms with Crippen molar-refractivity contribution in [3.63, 3.8) is 0 Å². The highest BCUT2D eigenvalue weighted by Crippen LogP contribution is 2.27. The molecule has 5 heteroatoms. The molecule has 0 fully saturated rings. The van der Waals surface area contributed by atoms with E-state index >= 15 is 0 Å². The van der Waals surface area contributed by atoms with E-state index in [-0.39, 0.29) is 17.9 Å². The monoisotopic (exact) mass is 249 g/mol. The lowest BCUT2D eigenvalue weighted by molar-refractivity contribution is 0.226. The van der Waals surface area contributed by atoms with Crippen molar-refractivity contribution in [3.8, 4) is 5.75 Å². The van der Waals surface area contributed by atoms with E-state index < -0.39 is 0 Å². The second-order valence-electron chi connectivity index (χ2n) is 4.64. The van der Waals surface area contributed by atoms with Crippen LogP contribution in [-0.4, -0.2) is 30.2 Å². The van der Waals surface area contributed by atoms with Gasteiger partial charge in [-0.1, -0.05) is 30.3 Å². The van der Waals surface area contributed by atoms with Crippen LogP contribution in [0, 0.1) is 5.92 Å². The Morgan fingerprint density at radius 1 is 1.61 bits per heavy atom. The van der Waals surface area contributed by atoms with Gasteiger partial charge in [0.25, 0.3) is 0 Å². The summed E-state index contributed by atoms with van der Waals surface area (Å²) in [6.07, 6.45) is 1.10. The van der Waals surface area contributed by atoms with Crippen molar-refractivity contribution in [2.75, 3.05) is 13.1 Å². The van der Waals surface area contributed by atoms with Crippen molar-refractivity contribution < 1.29 is 9.94 Å². The summed E-state index contributed by atoms with van der Waals surface area (Å²) < 4.78 is 5.80. The Morgan fingerprint density at radius 2 is 2.39 bits per heavy atom. The number of para-hydroxylation sites is 1. The summed E-state index contributed by atoms with van der Waals surface area (Å²) in [4.78, 5) is 0. The predicted molar refractivity (Wildman–Crippen MR) is 70.0 cm³/mol. The van der Waals surface area contributed by atoms with E-state index in [9.17, 15) is 0 Å². The van der Waals surface area contributed by atoms with E-state index in [1.165, 1.54) is 5.56 Å². The largest absolute Gasteiger partial charge is 0.488 e. The Kier molecular flexibility index (Phi) is 4.04. The average Bonchev–Trinajstić information content (AvgIpc) is 2.80. The van der Waals surface area contributed by atoms with Gasteiger partial charge in [0.2, 0.25) is 0 Å². The van der Waals surface area contributed by atoms with Crippen molar-refractivity contribution >= 4 is 5.84 Å². The van der Waals surface area contributed by atoms with Crippen LogP contribution in [0.1, 0.15) is 12.5 Å². The molecule has 2 atom stereocenters. The lowest BCUT2D eigenvalue weighted by Gasteiger charge is -2.14. The van der Waals surface area contributed by atoms with Crippen molar-refractivity contribution in [2.24, 2.45) is 16.8 Å². The van der Waals surface area contributed by atoms with Gasteiger partial charge in [-0.05, 0) is 11.6 Å². The van der Waals surface area contributed by atoms with Crippen LogP contribution in [0.5, 0.6) is 5.75 Å². The fourth-order valence-electron chi connectivity index (χ4n) is 2.03. The lowest BCUT2D eigenvalue weighted by atomic mass is 10.1. The molecule has 1 aliphatic heterocycles. The van der Waals surface area contributed by atoms with Crippen molar-refractivity contribution in [1.29, 1.82) is 0 Å². The Hall–Kier alpha value is -1.75. The second kappa shape index (κ2) is 5.73. The molecule has 0 radical (unpaired) electrons. The summed E-state index contributed by atoms with van der Waals surface area (Å²) in [5.74, 6) is 1.24. The first-order valence-electron chi connectivity index (χ1n) is 6.13. The molecule has 2 rings (SSSR count). The minimum atomic E-state index is 0.0128. The molecule has 2 unspecified atom stereocenters. The van der Waals surface area contributed by atoms with E-state index in [1.54, 1.807) is 0 Å². The molecule has 18 heavy (non-hydrogen) atoms. The molecule has 98 valence electrons. The zero-order valence-electron chi connectivity index (χ0n) is 10.5. The molecule has 1 heterocycles. The average molecular weight is 249 g/mol. The predicted octanol–water partition coefficient (Wildman–Crippen LogP) is 0.962. The number of oxime groups is 1. The molecule has 0 saturated heterocycles. The molecule has 0 bridgehead atoms. The van der Waals surface area contributed by atoms with E-state index in [4.69, 9.17) is 15.7 Å². The molecule has 0 aliphatic carbocycles. The first-order chi connectivity index (χ1) is 8.70. The zero-order chi connectivity index (χ0) is 13.0. The number of hydrogen-bond donors (Lipinski definition) is 3. The molecule has 4 N–H and O–H groups in total. The van der Waals surface area contributed by atoms with E-state index in [1.807, 2.05) is 25.1 Å². The smallest absolute Gasteiger partial charge is 0.143 e. The highest BCUT2D eigenvalue weighted by atomic mass is 16.5. The molecular formula is C13H19N3O2. The summed E-state index contributed by atoms with van der Waals surface area (Å²) in [7, 11) is 0. The molecule has 1 aromatic carbocycles. The summed E-state index contributed by atoms with van der Waals surface area (Å²) in [5.41, 5.74) is 6.77. The lowest BCUT2D eigenvalue weighted by Crippen LogP contribution is -2.36. The quantitative estimate of drug-likeness (QED) is 0.314. The molecule has 5 nitrogen and oxygen atoms in total. The van der Waals surface area contributed by atoms with Gasteiger partial charge in [0.05, 0.1) is 0 Å². The maximum Gasteiger partial charge on any atom is 0.143 e. The third-order valence-corrected chi connectivity index (χ3v) is 3.16. The molecule has 0 aromatic heterocycles. The third-order valence-electron chi connectivity index (χ3n) is 3.16. The van der Waals surface area contributed by atoms with Gasteiger partial charge in [0, 0.05) is 25.4 Å². The van der Waals surface area contributed by atoms with E-state index in [2.05, 4.69) is 16.5 Å². The third kappa shape index (κ3) is 2.92. The number of amidine groups is 1. The zero-order valence-corrected chi connectivity index (χ0v) is 10.5. The summed E-state index contributed by atoms with van der Waals surface area (Å²) >= 11 is 0. The highest BCUT2D eigenvalue weighted by molar-refractivity contribution is 5.82. The SMILES string of the molecule is CC(CNCC1Cc2ccccc2O1)C(N)=NO. The number of nitrogens with zero attached hydrogens (tertiary/aromatic N) is 1. The summed E-state index contributed by atoms with van der Waals surface area (Å²) in [6, 6.07) is 8.09.